The van der Waals surface area contributed by atoms with Gasteiger partial charge in [0.1, 0.15) is 6.61 Å². The summed E-state index contributed by atoms with van der Waals surface area (Å²) >= 11 is 0. The second-order valence-corrected chi connectivity index (χ2v) is 4.86. The first kappa shape index (κ1) is 15.3. The Balaban J connectivity index is 0.000000361. The van der Waals surface area contributed by atoms with Crippen molar-refractivity contribution < 1.29 is 19.6 Å². The molecule has 1 unspecified atom stereocenters. The first-order valence-corrected chi connectivity index (χ1v) is 6.84. The van der Waals surface area contributed by atoms with E-state index in [9.17, 15) is 4.79 Å². The minimum atomic E-state index is 0.0310. The molecule has 7 heteroatoms. The van der Waals surface area contributed by atoms with Crippen molar-refractivity contribution >= 4 is 12.4 Å². The zero-order valence-electron chi connectivity index (χ0n) is 11.6. The molecule has 114 valence electrons. The van der Waals surface area contributed by atoms with Gasteiger partial charge >= 0.3 is 6.03 Å². The minimum Gasteiger partial charge on any atom is -0.321 e. The SMILES string of the molecule is O=C1N2CCCC(C2)N1OCc1ccccc1.O=CNO. The molecule has 0 aliphatic carbocycles. The van der Waals surface area contributed by atoms with Crippen LogP contribution in [0.3, 0.4) is 0 Å². The van der Waals surface area contributed by atoms with Gasteiger partial charge in [0, 0.05) is 13.1 Å². The van der Waals surface area contributed by atoms with Gasteiger partial charge in [0.15, 0.2) is 0 Å². The lowest BCUT2D eigenvalue weighted by atomic mass is 10.1. The van der Waals surface area contributed by atoms with Crippen molar-refractivity contribution in [3.8, 4) is 0 Å². The van der Waals surface area contributed by atoms with Crippen LogP contribution in [-0.4, -0.2) is 46.7 Å². The molecule has 2 N–H and O–H groups in total. The summed E-state index contributed by atoms with van der Waals surface area (Å²) in [4.78, 5) is 28.3. The van der Waals surface area contributed by atoms with Crippen LogP contribution in [0, 0.1) is 0 Å². The Kier molecular flexibility index (Phi) is 5.53. The van der Waals surface area contributed by atoms with Crippen molar-refractivity contribution in [3.05, 3.63) is 35.9 Å². The molecular formula is C14H19N3O4. The van der Waals surface area contributed by atoms with Crippen LogP contribution in [0.4, 0.5) is 4.79 Å². The van der Waals surface area contributed by atoms with Gasteiger partial charge in [-0.3, -0.25) is 14.8 Å². The van der Waals surface area contributed by atoms with Gasteiger partial charge in [0.05, 0.1) is 6.04 Å². The molecule has 7 nitrogen and oxygen atoms in total. The van der Waals surface area contributed by atoms with E-state index in [1.165, 1.54) is 5.48 Å². The van der Waals surface area contributed by atoms with Crippen LogP contribution in [0.1, 0.15) is 18.4 Å². The van der Waals surface area contributed by atoms with E-state index in [4.69, 9.17) is 14.8 Å². The standard InChI is InChI=1S/C13H16N2O2.CH3NO2/c16-13-14-8-4-7-12(9-14)15(13)17-10-11-5-2-1-3-6-11;3-1-2-4/h1-3,5-6,12H,4,7-10H2;1,4H,(H,2,3). The molecule has 1 aromatic carbocycles. The molecule has 2 bridgehead atoms. The van der Waals surface area contributed by atoms with Crippen molar-refractivity contribution in [2.45, 2.75) is 25.5 Å². The third kappa shape index (κ3) is 3.93. The largest absolute Gasteiger partial charge is 0.344 e. The molecule has 0 saturated carbocycles. The molecule has 0 spiro atoms. The van der Waals surface area contributed by atoms with Gasteiger partial charge in [-0.15, -0.1) is 0 Å². The molecule has 0 radical (unpaired) electrons. The topological polar surface area (TPSA) is 82.1 Å². The third-order valence-electron chi connectivity index (χ3n) is 3.45. The Labute approximate surface area is 123 Å². The second-order valence-electron chi connectivity index (χ2n) is 4.86. The lowest BCUT2D eigenvalue weighted by Gasteiger charge is -2.22. The molecule has 3 amide bonds. The van der Waals surface area contributed by atoms with Gasteiger partial charge in [-0.05, 0) is 18.4 Å². The number of nitrogens with zero attached hydrogens (tertiary/aromatic N) is 2. The molecule has 2 fully saturated rings. The van der Waals surface area contributed by atoms with Crippen molar-refractivity contribution in [3.63, 3.8) is 0 Å². The number of hydrogen-bond donors (Lipinski definition) is 2. The summed E-state index contributed by atoms with van der Waals surface area (Å²) in [5.74, 6) is 0. The lowest BCUT2D eigenvalue weighted by molar-refractivity contribution is -0.140. The van der Waals surface area contributed by atoms with E-state index in [1.807, 2.05) is 35.2 Å². The smallest absolute Gasteiger partial charge is 0.321 e. The van der Waals surface area contributed by atoms with Gasteiger partial charge in [-0.25, -0.2) is 10.3 Å². The maximum Gasteiger partial charge on any atom is 0.344 e. The van der Waals surface area contributed by atoms with Crippen molar-refractivity contribution in [1.29, 1.82) is 0 Å². The molecule has 2 heterocycles. The van der Waals surface area contributed by atoms with Crippen LogP contribution in [0.2, 0.25) is 0 Å². The highest BCUT2D eigenvalue weighted by Crippen LogP contribution is 2.25. The summed E-state index contributed by atoms with van der Waals surface area (Å²) in [6.45, 7) is 2.17. The summed E-state index contributed by atoms with van der Waals surface area (Å²) in [6, 6.07) is 10.2. The fourth-order valence-corrected chi connectivity index (χ4v) is 2.49. The zero-order valence-corrected chi connectivity index (χ0v) is 11.6. The number of hydrogen-bond acceptors (Lipinski definition) is 4. The summed E-state index contributed by atoms with van der Waals surface area (Å²) in [5, 5.41) is 8.83. The van der Waals surface area contributed by atoms with E-state index >= 15 is 0 Å². The Morgan fingerprint density at radius 3 is 2.71 bits per heavy atom. The number of piperidine rings is 1. The third-order valence-corrected chi connectivity index (χ3v) is 3.45. The Morgan fingerprint density at radius 2 is 2.10 bits per heavy atom. The molecule has 1 atom stereocenters. The predicted octanol–water partition coefficient (Wildman–Crippen LogP) is 1.14. The van der Waals surface area contributed by atoms with Crippen LogP contribution in [0.5, 0.6) is 0 Å². The number of rotatable bonds is 4. The molecule has 3 rings (SSSR count). The van der Waals surface area contributed by atoms with Crippen LogP contribution < -0.4 is 5.48 Å². The molecule has 21 heavy (non-hydrogen) atoms. The highest BCUT2D eigenvalue weighted by molar-refractivity contribution is 5.76. The number of carbonyl (C=O) groups excluding carboxylic acids is 2. The van der Waals surface area contributed by atoms with Crippen LogP contribution in [0.15, 0.2) is 30.3 Å². The molecule has 2 aliphatic heterocycles. The number of nitrogens with one attached hydrogen (secondary N) is 1. The van der Waals surface area contributed by atoms with Gasteiger partial charge in [-0.2, -0.15) is 5.06 Å². The monoisotopic (exact) mass is 293 g/mol. The van der Waals surface area contributed by atoms with Gasteiger partial charge < -0.3 is 4.90 Å². The summed E-state index contributed by atoms with van der Waals surface area (Å²) < 4.78 is 0. The Bertz CT molecular complexity index is 469. The van der Waals surface area contributed by atoms with E-state index in [1.54, 1.807) is 5.06 Å². The van der Waals surface area contributed by atoms with E-state index in [0.29, 0.717) is 6.61 Å². The molecule has 1 aromatic rings. The fourth-order valence-electron chi connectivity index (χ4n) is 2.49. The van der Waals surface area contributed by atoms with Crippen molar-refractivity contribution in [1.82, 2.24) is 15.4 Å². The zero-order chi connectivity index (χ0) is 15.1. The summed E-state index contributed by atoms with van der Waals surface area (Å²) in [6.07, 6.45) is 2.32. The Morgan fingerprint density at radius 1 is 1.38 bits per heavy atom. The normalized spacial score (nSPS) is 19.9. The maximum atomic E-state index is 11.9. The van der Waals surface area contributed by atoms with Crippen LogP contribution >= 0.6 is 0 Å². The molecule has 2 saturated heterocycles. The summed E-state index contributed by atoms with van der Waals surface area (Å²) in [5.41, 5.74) is 2.34. The lowest BCUT2D eigenvalue weighted by Crippen LogP contribution is -2.33. The highest BCUT2D eigenvalue weighted by Gasteiger charge is 2.40. The average Bonchev–Trinajstić information content (AvgIpc) is 2.76. The molecule has 0 aromatic heterocycles. The fraction of sp³-hybridized carbons (Fsp3) is 0.429. The van der Waals surface area contributed by atoms with Gasteiger partial charge in [0.25, 0.3) is 0 Å². The van der Waals surface area contributed by atoms with Gasteiger partial charge in [0.2, 0.25) is 6.41 Å². The number of fused-ring (bicyclic) bond motifs is 2. The van der Waals surface area contributed by atoms with E-state index in [-0.39, 0.29) is 18.5 Å². The van der Waals surface area contributed by atoms with E-state index in [0.717, 1.165) is 31.5 Å². The van der Waals surface area contributed by atoms with Gasteiger partial charge in [-0.1, -0.05) is 30.3 Å². The van der Waals surface area contributed by atoms with Crippen LogP contribution in [0.25, 0.3) is 0 Å². The Hall–Kier alpha value is -2.12. The number of amides is 3. The van der Waals surface area contributed by atoms with E-state index < -0.39 is 0 Å². The number of hydroxylamine groups is 3. The number of carbonyl (C=O) groups is 2. The number of urea groups is 1. The average molecular weight is 293 g/mol. The predicted molar refractivity (Wildman–Crippen MR) is 74.0 cm³/mol. The van der Waals surface area contributed by atoms with E-state index in [2.05, 4.69) is 0 Å². The second kappa shape index (κ2) is 7.61. The number of benzene rings is 1. The van der Waals surface area contributed by atoms with Crippen molar-refractivity contribution in [2.75, 3.05) is 13.1 Å². The first-order chi connectivity index (χ1) is 10.3. The molecular weight excluding hydrogens is 274 g/mol. The quantitative estimate of drug-likeness (QED) is 0.495. The molecule has 2 aliphatic rings. The van der Waals surface area contributed by atoms with Crippen molar-refractivity contribution in [2.24, 2.45) is 0 Å². The summed E-state index contributed by atoms with van der Waals surface area (Å²) in [7, 11) is 0. The van der Waals surface area contributed by atoms with Crippen LogP contribution in [-0.2, 0) is 16.2 Å². The maximum absolute atomic E-state index is 11.9. The highest BCUT2D eigenvalue weighted by atomic mass is 16.7. The minimum absolute atomic E-state index is 0.0310. The first-order valence-electron chi connectivity index (χ1n) is 6.84.